The van der Waals surface area contributed by atoms with Crippen LogP contribution in [0.4, 0.5) is 13.2 Å². The zero-order valence-corrected chi connectivity index (χ0v) is 15.0. The second kappa shape index (κ2) is 8.99. The maximum absolute atomic E-state index is 12.4. The highest BCUT2D eigenvalue weighted by Crippen LogP contribution is 2.28. The van der Waals surface area contributed by atoms with Gasteiger partial charge in [-0.3, -0.25) is 10.2 Å². The minimum Gasteiger partial charge on any atom is -0.346 e. The van der Waals surface area contributed by atoms with E-state index in [1.165, 1.54) is 0 Å². The number of halogens is 3. The third kappa shape index (κ3) is 4.65. The number of alkyl halides is 3. The fraction of sp³-hybridized carbons (Fsp3) is 0.263. The molecule has 1 aromatic heterocycles. The van der Waals surface area contributed by atoms with Crippen LogP contribution in [-0.4, -0.2) is 35.2 Å². The number of hydrogen-bond donors (Lipinski definition) is 2. The summed E-state index contributed by atoms with van der Waals surface area (Å²) < 4.78 is 39.0. The maximum atomic E-state index is 12.4. The van der Waals surface area contributed by atoms with Crippen LogP contribution in [0, 0.1) is 16.7 Å². The van der Waals surface area contributed by atoms with E-state index in [1.807, 2.05) is 12.2 Å². The Morgan fingerprint density at radius 3 is 2.57 bits per heavy atom. The topological polar surface area (TPSA) is 94.0 Å². The number of aromatic nitrogens is 1. The van der Waals surface area contributed by atoms with Crippen molar-refractivity contribution in [3.63, 3.8) is 0 Å². The Morgan fingerprint density at radius 2 is 2.04 bits per heavy atom. The number of rotatable bonds is 7. The summed E-state index contributed by atoms with van der Waals surface area (Å²) in [5.74, 6) is -2.02. The van der Waals surface area contributed by atoms with Crippen molar-refractivity contribution >= 4 is 18.0 Å². The first-order chi connectivity index (χ1) is 13.3. The van der Waals surface area contributed by atoms with E-state index < -0.39 is 12.1 Å². The Bertz CT molecular complexity index is 924. The molecule has 146 valence electrons. The molecule has 1 heterocycles. The normalized spacial score (nSPS) is 11.8. The molecule has 1 aromatic carbocycles. The van der Waals surface area contributed by atoms with Crippen LogP contribution in [0.15, 0.2) is 41.4 Å². The fourth-order valence-electron chi connectivity index (χ4n) is 2.81. The minimum absolute atomic E-state index is 0.0000803. The smallest absolute Gasteiger partial charge is 0.346 e. The van der Waals surface area contributed by atoms with Crippen molar-refractivity contribution in [2.24, 2.45) is 4.99 Å². The molecule has 9 heteroatoms. The van der Waals surface area contributed by atoms with Gasteiger partial charge in [0.05, 0.1) is 22.7 Å². The number of amides is 1. The van der Waals surface area contributed by atoms with Crippen molar-refractivity contribution < 1.29 is 18.0 Å². The van der Waals surface area contributed by atoms with Gasteiger partial charge < -0.3 is 9.88 Å². The van der Waals surface area contributed by atoms with Gasteiger partial charge in [-0.2, -0.15) is 18.4 Å². The maximum Gasteiger partial charge on any atom is 0.471 e. The first-order valence-corrected chi connectivity index (χ1v) is 8.43. The molecular weight excluding hydrogens is 371 g/mol. The summed E-state index contributed by atoms with van der Waals surface area (Å²) in [6.07, 6.45) is -3.64. The van der Waals surface area contributed by atoms with E-state index in [4.69, 9.17) is 5.41 Å². The quantitative estimate of drug-likeness (QED) is 0.560. The molecule has 2 N–H and O–H groups in total. The van der Waals surface area contributed by atoms with Gasteiger partial charge in [-0.1, -0.05) is 37.3 Å². The predicted molar refractivity (Wildman–Crippen MR) is 99.3 cm³/mol. The van der Waals surface area contributed by atoms with Crippen LogP contribution in [0.5, 0.6) is 0 Å². The van der Waals surface area contributed by atoms with E-state index in [0.29, 0.717) is 34.6 Å². The van der Waals surface area contributed by atoms with Crippen LogP contribution in [0.2, 0.25) is 0 Å². The molecule has 0 unspecified atom stereocenters. The van der Waals surface area contributed by atoms with Crippen LogP contribution < -0.4 is 5.32 Å². The lowest BCUT2D eigenvalue weighted by Crippen LogP contribution is -2.38. The molecule has 0 radical (unpaired) electrons. The summed E-state index contributed by atoms with van der Waals surface area (Å²) in [5.41, 5.74) is 2.58. The van der Waals surface area contributed by atoms with Gasteiger partial charge in [0.2, 0.25) is 0 Å². The average Bonchev–Trinajstić information content (AvgIpc) is 3.04. The van der Waals surface area contributed by atoms with Gasteiger partial charge in [0.15, 0.2) is 0 Å². The van der Waals surface area contributed by atoms with Gasteiger partial charge in [-0.25, -0.2) is 4.99 Å². The minimum atomic E-state index is -4.96. The fourth-order valence-corrected chi connectivity index (χ4v) is 2.81. The Labute approximate surface area is 159 Å². The van der Waals surface area contributed by atoms with E-state index in [2.05, 4.69) is 11.1 Å². The van der Waals surface area contributed by atoms with Gasteiger partial charge in [0.1, 0.15) is 12.4 Å². The van der Waals surface area contributed by atoms with Crippen molar-refractivity contribution in [3.8, 4) is 17.3 Å². The first-order valence-electron chi connectivity index (χ1n) is 8.43. The van der Waals surface area contributed by atoms with Gasteiger partial charge in [-0.05, 0) is 18.1 Å². The third-order valence-corrected chi connectivity index (χ3v) is 3.99. The number of aliphatic imine (C=N–C) groups is 1. The van der Waals surface area contributed by atoms with Gasteiger partial charge in [0, 0.05) is 13.1 Å². The molecular formula is C19H18F3N5O. The van der Waals surface area contributed by atoms with Crippen molar-refractivity contribution in [1.29, 1.82) is 10.7 Å². The highest BCUT2D eigenvalue weighted by Gasteiger charge is 2.38. The molecule has 0 atom stereocenters. The van der Waals surface area contributed by atoms with Crippen LogP contribution >= 0.6 is 0 Å². The zero-order valence-electron chi connectivity index (χ0n) is 15.0. The van der Waals surface area contributed by atoms with E-state index in [1.54, 1.807) is 41.0 Å². The molecule has 0 bridgehead atoms. The summed E-state index contributed by atoms with van der Waals surface area (Å²) in [6.45, 7) is 1.53. The number of nitriles is 1. The molecule has 0 saturated carbocycles. The Morgan fingerprint density at radius 1 is 1.36 bits per heavy atom. The Balaban J connectivity index is 2.51. The van der Waals surface area contributed by atoms with E-state index in [9.17, 15) is 23.2 Å². The molecule has 0 fully saturated rings. The SMILES string of the molecule is CCC(=NC=N)c1cc(C#N)c(-c2ccccc2)n1CCNC(=O)C(F)(F)F. The average molecular weight is 389 g/mol. The number of nitrogens with one attached hydrogen (secondary N) is 2. The monoisotopic (exact) mass is 389 g/mol. The van der Waals surface area contributed by atoms with Crippen molar-refractivity contribution in [2.75, 3.05) is 6.54 Å². The van der Waals surface area contributed by atoms with Crippen LogP contribution in [0.1, 0.15) is 24.6 Å². The molecule has 0 aliphatic carbocycles. The van der Waals surface area contributed by atoms with Gasteiger partial charge >= 0.3 is 12.1 Å². The summed E-state index contributed by atoms with van der Waals surface area (Å²) >= 11 is 0. The highest BCUT2D eigenvalue weighted by molar-refractivity contribution is 6.03. The lowest BCUT2D eigenvalue weighted by Gasteiger charge is -2.15. The Hall–Kier alpha value is -3.41. The standard InChI is InChI=1S/C19H18F3N5O/c1-2-15(26-12-24)16-10-14(11-23)17(13-6-4-3-5-7-13)27(16)9-8-25-18(28)19(20,21)22/h3-7,10,12,24H,2,8-9H2,1H3,(H,25,28). The third-order valence-electron chi connectivity index (χ3n) is 3.99. The van der Waals surface area contributed by atoms with Crippen molar-refractivity contribution in [1.82, 2.24) is 9.88 Å². The molecule has 0 saturated heterocycles. The van der Waals surface area contributed by atoms with E-state index >= 15 is 0 Å². The summed E-state index contributed by atoms with van der Waals surface area (Å²) in [6, 6.07) is 12.6. The number of nitrogens with zero attached hydrogens (tertiary/aromatic N) is 3. The molecule has 2 aromatic rings. The number of hydrogen-bond acceptors (Lipinski definition) is 3. The first kappa shape index (κ1) is 20.9. The Kier molecular flexibility index (Phi) is 6.71. The van der Waals surface area contributed by atoms with Crippen molar-refractivity contribution in [2.45, 2.75) is 26.1 Å². The lowest BCUT2D eigenvalue weighted by molar-refractivity contribution is -0.173. The second-order valence-corrected chi connectivity index (χ2v) is 5.73. The zero-order chi connectivity index (χ0) is 20.7. The van der Waals surface area contributed by atoms with Crippen molar-refractivity contribution in [3.05, 3.63) is 47.7 Å². The summed E-state index contributed by atoms with van der Waals surface area (Å²) in [7, 11) is 0. The molecule has 2 rings (SSSR count). The molecule has 1 amide bonds. The number of carbonyl (C=O) groups excluding carboxylic acids is 1. The number of carbonyl (C=O) groups is 1. The summed E-state index contributed by atoms with van der Waals surface area (Å²) in [5, 5.41) is 18.6. The molecule has 28 heavy (non-hydrogen) atoms. The van der Waals surface area contributed by atoms with E-state index in [-0.39, 0.29) is 13.1 Å². The molecule has 0 aliphatic heterocycles. The van der Waals surface area contributed by atoms with Gasteiger partial charge in [-0.15, -0.1) is 0 Å². The lowest BCUT2D eigenvalue weighted by atomic mass is 10.1. The largest absolute Gasteiger partial charge is 0.471 e. The second-order valence-electron chi connectivity index (χ2n) is 5.73. The predicted octanol–water partition coefficient (Wildman–Crippen LogP) is 3.51. The van der Waals surface area contributed by atoms with E-state index in [0.717, 1.165) is 6.34 Å². The highest BCUT2D eigenvalue weighted by atomic mass is 19.4. The number of benzene rings is 1. The van der Waals surface area contributed by atoms with Crippen LogP contribution in [-0.2, 0) is 11.3 Å². The van der Waals surface area contributed by atoms with Crippen LogP contribution in [0.3, 0.4) is 0 Å². The summed E-state index contributed by atoms with van der Waals surface area (Å²) in [4.78, 5) is 15.1. The molecule has 0 spiro atoms. The molecule has 0 aliphatic rings. The van der Waals surface area contributed by atoms with Gasteiger partial charge in [0.25, 0.3) is 0 Å². The molecule has 6 nitrogen and oxygen atoms in total. The van der Waals surface area contributed by atoms with Crippen LogP contribution in [0.25, 0.3) is 11.3 Å².